The van der Waals surface area contributed by atoms with Gasteiger partial charge in [-0.05, 0) is 25.2 Å². The Morgan fingerprint density at radius 2 is 1.90 bits per heavy atom. The fourth-order valence-corrected chi connectivity index (χ4v) is 9.61. The van der Waals surface area contributed by atoms with Crippen LogP contribution < -0.4 is 17.0 Å². The van der Waals surface area contributed by atoms with Crippen LogP contribution in [0.15, 0.2) is 23.8 Å². The summed E-state index contributed by atoms with van der Waals surface area (Å²) in [6.07, 6.45) is -2.88. The number of aromatic nitrogens is 8. The molecule has 2 bridgehead atoms. The van der Waals surface area contributed by atoms with Gasteiger partial charge < -0.3 is 44.6 Å². The first-order valence-electron chi connectivity index (χ1n) is 15.0. The number of nitrogens with zero attached hydrogens (tertiary/aromatic N) is 7. The highest BCUT2D eigenvalue weighted by atomic mass is 32.5. The molecule has 1 saturated carbocycles. The molecule has 3 fully saturated rings. The van der Waals surface area contributed by atoms with Crippen LogP contribution in [0.5, 0.6) is 0 Å². The van der Waals surface area contributed by atoms with E-state index in [1.807, 2.05) is 0 Å². The molecule has 0 spiro atoms. The van der Waals surface area contributed by atoms with Gasteiger partial charge in [-0.15, -0.1) is 0 Å². The monoisotopic (exact) mass is 744 g/mol. The quantitative estimate of drug-likeness (QED) is 0.174. The standard InChI is InChI=1S/C25H34N10O11P2S/c1-4-41-47(38)43-7-25(2)5-11(34-9-30-13-19(26)28-8-29-20(13)34)15(36)18(25)46-48(39,49)42-6-12-16(40-3)17(45-47)23(44-12)35-10-31-14-21(35)32-24(27)33-22(14)37/h8-12,15-18,23,36H,4-7H2,1-3H3,(H,39,49)(H2,26,28,29)(H3,27,32,33,37)/t11-,12-,15+,16-,17-,18+,23-,25-,47+,48?/m1/s1. The molecular weight excluding hydrogens is 710 g/mol. The molecular formula is C25H34N10O11P2S. The van der Waals surface area contributed by atoms with Crippen molar-refractivity contribution < 1.29 is 46.7 Å². The molecule has 0 aromatic carbocycles. The van der Waals surface area contributed by atoms with Crippen LogP contribution in [-0.4, -0.2) is 106 Å². The van der Waals surface area contributed by atoms with Crippen molar-refractivity contribution in [2.45, 2.75) is 63.1 Å². The van der Waals surface area contributed by atoms with Crippen LogP contribution in [0, 0.1) is 5.41 Å². The zero-order chi connectivity index (χ0) is 34.9. The molecule has 6 heterocycles. The molecule has 2 aliphatic heterocycles. The highest BCUT2D eigenvalue weighted by Crippen LogP contribution is 2.60. The number of phosphoric ester groups is 1. The Balaban J connectivity index is 1.27. The number of fused-ring (bicyclic) bond motifs is 5. The van der Waals surface area contributed by atoms with Crippen LogP contribution in [0.3, 0.4) is 0 Å². The van der Waals surface area contributed by atoms with E-state index in [1.165, 1.54) is 30.7 Å². The van der Waals surface area contributed by atoms with E-state index in [-0.39, 0.29) is 42.6 Å². The molecule has 49 heavy (non-hydrogen) atoms. The smallest absolute Gasteiger partial charge is 0.388 e. The Morgan fingerprint density at radius 3 is 2.65 bits per heavy atom. The first-order valence-corrected chi connectivity index (χ1v) is 19.1. The third-order valence-electron chi connectivity index (χ3n) is 8.83. The van der Waals surface area contributed by atoms with Crippen LogP contribution in [0.4, 0.5) is 11.8 Å². The molecule has 4 aromatic heterocycles. The molecule has 0 amide bonds. The lowest BCUT2D eigenvalue weighted by Crippen LogP contribution is -2.39. The zero-order valence-corrected chi connectivity index (χ0v) is 28.9. The minimum Gasteiger partial charge on any atom is -0.388 e. The van der Waals surface area contributed by atoms with E-state index in [1.54, 1.807) is 18.4 Å². The third-order valence-corrected chi connectivity index (χ3v) is 11.9. The van der Waals surface area contributed by atoms with Gasteiger partial charge in [-0.25, -0.2) is 24.5 Å². The largest absolute Gasteiger partial charge is 0.475 e. The van der Waals surface area contributed by atoms with Gasteiger partial charge in [0.05, 0.1) is 38.5 Å². The van der Waals surface area contributed by atoms with Gasteiger partial charge in [0.1, 0.15) is 42.4 Å². The molecule has 0 radical (unpaired) electrons. The molecule has 7 rings (SSSR count). The van der Waals surface area contributed by atoms with Crippen LogP contribution in [0.2, 0.25) is 0 Å². The van der Waals surface area contributed by atoms with Gasteiger partial charge in [-0.2, -0.15) is 4.98 Å². The van der Waals surface area contributed by atoms with Gasteiger partial charge in [0.2, 0.25) is 5.95 Å². The second-order valence-corrected chi connectivity index (χ2v) is 16.5. The number of hydrogen-bond donors (Lipinski definition) is 5. The lowest BCUT2D eigenvalue weighted by Gasteiger charge is -2.35. The van der Waals surface area contributed by atoms with E-state index in [9.17, 15) is 19.4 Å². The number of nitrogens with one attached hydrogen (secondary N) is 1. The van der Waals surface area contributed by atoms with Gasteiger partial charge >= 0.3 is 14.5 Å². The highest BCUT2D eigenvalue weighted by molar-refractivity contribution is 8.07. The fourth-order valence-electron chi connectivity index (χ4n) is 6.60. The Bertz CT molecular complexity index is 2050. The van der Waals surface area contributed by atoms with E-state index >= 15 is 0 Å². The summed E-state index contributed by atoms with van der Waals surface area (Å²) in [6.45, 7) is -1.67. The van der Waals surface area contributed by atoms with Crippen LogP contribution in [0.25, 0.3) is 22.3 Å². The third kappa shape index (κ3) is 6.08. The summed E-state index contributed by atoms with van der Waals surface area (Å²) in [5.41, 5.74) is 10.7. The second kappa shape index (κ2) is 12.7. The predicted octanol–water partition coefficient (Wildman–Crippen LogP) is 0.527. The van der Waals surface area contributed by atoms with E-state index in [0.717, 1.165) is 0 Å². The number of methoxy groups -OCH3 is 1. The summed E-state index contributed by atoms with van der Waals surface area (Å²) in [6, 6.07) is -0.743. The molecule has 10 atom stereocenters. The lowest BCUT2D eigenvalue weighted by molar-refractivity contribution is -0.0677. The number of nitrogen functional groups attached to an aromatic ring is 2. The first-order chi connectivity index (χ1) is 23.3. The summed E-state index contributed by atoms with van der Waals surface area (Å²) in [7, 11) is -3.12. The van der Waals surface area contributed by atoms with Gasteiger partial charge in [-0.3, -0.25) is 27.9 Å². The van der Waals surface area contributed by atoms with Gasteiger partial charge in [-0.1, -0.05) is 6.92 Å². The Hall–Kier alpha value is -2.98. The van der Waals surface area contributed by atoms with Crippen molar-refractivity contribution in [1.82, 2.24) is 39.0 Å². The molecule has 21 nitrogen and oxygen atoms in total. The number of H-pyrrole nitrogens is 1. The maximum atomic E-state index is 14.4. The predicted molar refractivity (Wildman–Crippen MR) is 172 cm³/mol. The Morgan fingerprint density at radius 1 is 1.14 bits per heavy atom. The van der Waals surface area contributed by atoms with Gasteiger partial charge in [0.25, 0.3) is 5.56 Å². The number of aliphatic hydroxyl groups excluding tert-OH is 1. The van der Waals surface area contributed by atoms with Gasteiger partial charge in [0, 0.05) is 12.5 Å². The number of imidazole rings is 2. The summed E-state index contributed by atoms with van der Waals surface area (Å²) >= 11 is 5.42. The van der Waals surface area contributed by atoms with Crippen molar-refractivity contribution in [3.63, 3.8) is 0 Å². The van der Waals surface area contributed by atoms with E-state index in [4.69, 9.17) is 55.4 Å². The lowest BCUT2D eigenvalue weighted by atomic mass is 9.87. The van der Waals surface area contributed by atoms with Crippen molar-refractivity contribution >= 4 is 60.4 Å². The minimum absolute atomic E-state index is 0.0422. The topological polar surface area (TPSA) is 281 Å². The Labute approximate surface area is 282 Å². The molecule has 1 aliphatic carbocycles. The van der Waals surface area contributed by atoms with Crippen molar-refractivity contribution in [2.75, 3.05) is 38.4 Å². The number of nitrogens with two attached hydrogens (primary N) is 2. The normalized spacial score (nSPS) is 37.1. The van der Waals surface area contributed by atoms with Crippen molar-refractivity contribution in [3.8, 4) is 0 Å². The average Bonchev–Trinajstić information content (AvgIpc) is 3.80. The van der Waals surface area contributed by atoms with E-state index in [0.29, 0.717) is 11.2 Å². The number of aromatic amines is 1. The van der Waals surface area contributed by atoms with Crippen molar-refractivity contribution in [3.05, 3.63) is 29.3 Å². The number of rotatable bonds is 5. The van der Waals surface area contributed by atoms with Crippen LogP contribution in [0.1, 0.15) is 32.5 Å². The molecule has 7 N–H and O–H groups in total. The molecule has 3 aliphatic rings. The summed E-state index contributed by atoms with van der Waals surface area (Å²) < 4.78 is 59.0. The molecule has 24 heteroatoms. The number of aliphatic hydroxyl groups is 1. The SMILES string of the molecule is CCO[P@@]1(=O)OC[C@@]2(C)C[C@@H](n3cnc4c(N)ncnc43)[C@H](O)[C@@H]2OP(O)(=S)OC[C@H]2O[C@@H](n3cnc4c(=O)[nH]c(N)nc43)[C@H](O1)[C@@H]2OC. The zero-order valence-electron chi connectivity index (χ0n) is 26.3. The Kier molecular flexibility index (Phi) is 8.90. The van der Waals surface area contributed by atoms with Crippen molar-refractivity contribution in [1.29, 1.82) is 0 Å². The number of hydrogen-bond acceptors (Lipinski definition) is 18. The number of anilines is 2. The first kappa shape index (κ1) is 34.5. The fraction of sp³-hybridized carbons (Fsp3) is 0.600. The van der Waals surface area contributed by atoms with E-state index < -0.39 is 74.9 Å². The minimum atomic E-state index is -4.48. The maximum absolute atomic E-state index is 14.4. The number of ether oxygens (including phenoxy) is 2. The molecule has 2 saturated heterocycles. The maximum Gasteiger partial charge on any atom is 0.475 e. The molecule has 266 valence electrons. The van der Waals surface area contributed by atoms with Gasteiger partial charge in [0.15, 0.2) is 28.9 Å². The number of phosphoric acid groups is 1. The summed E-state index contributed by atoms with van der Waals surface area (Å²) in [4.78, 5) is 47.2. The highest BCUT2D eigenvalue weighted by Gasteiger charge is 2.57. The van der Waals surface area contributed by atoms with Crippen LogP contribution >= 0.6 is 14.5 Å². The van der Waals surface area contributed by atoms with Crippen molar-refractivity contribution in [2.24, 2.45) is 5.41 Å². The second-order valence-electron chi connectivity index (χ2n) is 12.0. The van der Waals surface area contributed by atoms with Crippen LogP contribution in [-0.2, 0) is 48.5 Å². The molecule has 1 unspecified atom stereocenters. The average molecular weight is 745 g/mol. The van der Waals surface area contributed by atoms with E-state index in [2.05, 4.69) is 29.9 Å². The summed E-state index contributed by atoms with van der Waals surface area (Å²) in [5.74, 6) is -0.0289. The summed E-state index contributed by atoms with van der Waals surface area (Å²) in [5, 5.41) is 11.7. The molecule has 4 aromatic rings.